The molecular weight excluding hydrogens is 624 g/mol. The van der Waals surface area contributed by atoms with Crippen molar-refractivity contribution in [1.29, 1.82) is 0 Å². The SMILES string of the molecule is CCCCCCCCO[C](=O)[Cu]([C](=O)OCCCCCCCC)([C](=O)OCCCCCCCC)[C](=O)OCCCCCCCC. The van der Waals surface area contributed by atoms with Crippen LogP contribution in [-0.2, 0) is 31.8 Å². The van der Waals surface area contributed by atoms with Crippen molar-refractivity contribution in [3.8, 4) is 0 Å². The van der Waals surface area contributed by atoms with Crippen molar-refractivity contribution in [2.24, 2.45) is 0 Å². The summed E-state index contributed by atoms with van der Waals surface area (Å²) in [5.41, 5.74) is 0. The summed E-state index contributed by atoms with van der Waals surface area (Å²) in [6.07, 6.45) is 23.2. The maximum atomic E-state index is 13.7. The molecule has 0 aromatic heterocycles. The van der Waals surface area contributed by atoms with E-state index in [1.54, 1.807) is 0 Å². The summed E-state index contributed by atoms with van der Waals surface area (Å²) in [5, 5.41) is 0. The number of unbranched alkanes of at least 4 members (excludes halogenated alkanes) is 20. The van der Waals surface area contributed by atoms with Gasteiger partial charge in [-0.15, -0.1) is 0 Å². The van der Waals surface area contributed by atoms with Crippen molar-refractivity contribution in [1.82, 2.24) is 0 Å². The van der Waals surface area contributed by atoms with Crippen LogP contribution in [0.25, 0.3) is 0 Å². The maximum absolute atomic E-state index is 13.7. The summed E-state index contributed by atoms with van der Waals surface area (Å²) in [5.74, 6) is 0. The molecule has 0 heterocycles. The van der Waals surface area contributed by atoms with Gasteiger partial charge in [0.1, 0.15) is 0 Å². The van der Waals surface area contributed by atoms with Crippen LogP contribution in [0.1, 0.15) is 182 Å². The Kier molecular flexibility index (Phi) is 29.9. The van der Waals surface area contributed by atoms with Gasteiger partial charge in [0.15, 0.2) is 0 Å². The van der Waals surface area contributed by atoms with Crippen LogP contribution in [0.4, 0.5) is 19.2 Å². The minimum absolute atomic E-state index is 0.0124. The molecule has 0 N–H and O–H groups in total. The summed E-state index contributed by atoms with van der Waals surface area (Å²) >= 11 is -4.08. The van der Waals surface area contributed by atoms with Crippen LogP contribution in [0.15, 0.2) is 0 Å². The molecule has 0 aliphatic carbocycles. The van der Waals surface area contributed by atoms with E-state index in [4.69, 9.17) is 18.9 Å². The molecule has 0 amide bonds. The Bertz CT molecular complexity index is 632. The summed E-state index contributed by atoms with van der Waals surface area (Å²) < 4.78 is 21.9. The number of hydrogen-bond acceptors (Lipinski definition) is 8. The molecule has 8 nitrogen and oxygen atoms in total. The van der Waals surface area contributed by atoms with E-state index in [-0.39, 0.29) is 26.4 Å². The zero-order valence-corrected chi connectivity index (χ0v) is 30.3. The molecule has 0 fully saturated rings. The van der Waals surface area contributed by atoms with Crippen molar-refractivity contribution in [2.75, 3.05) is 26.4 Å². The monoisotopic (exact) mass is 691 g/mol. The third-order valence-electron chi connectivity index (χ3n) is 7.55. The second-order valence-corrected chi connectivity index (χ2v) is 14.7. The molecule has 0 aromatic rings. The van der Waals surface area contributed by atoms with Crippen molar-refractivity contribution in [2.45, 2.75) is 182 Å². The molecule has 0 aromatic carbocycles. The Labute approximate surface area is 278 Å². The topological polar surface area (TPSA) is 105 Å². The molecule has 0 radical (unpaired) electrons. The Hall–Kier alpha value is -1.60. The Morgan fingerprint density at radius 2 is 0.489 bits per heavy atom. The standard InChI is InChI=1S/4C9H17O2.Cu/c4*1-2-3-4-5-6-7-8-11-9-10;/h4*2-8H2,1H3;. The van der Waals surface area contributed by atoms with Gasteiger partial charge in [-0.2, -0.15) is 0 Å². The number of hydrogen-bond donors (Lipinski definition) is 0. The van der Waals surface area contributed by atoms with Gasteiger partial charge in [-0.25, -0.2) is 0 Å². The van der Waals surface area contributed by atoms with Crippen molar-refractivity contribution in [3.05, 3.63) is 0 Å². The fourth-order valence-corrected chi connectivity index (χ4v) is 6.81. The second-order valence-electron chi connectivity index (χ2n) is 11.7. The molecule has 0 aliphatic rings. The van der Waals surface area contributed by atoms with Crippen LogP contribution >= 0.6 is 0 Å². The number of ether oxygens (including phenoxy) is 4. The molecule has 0 atom stereocenters. The average molecular weight is 692 g/mol. The summed E-state index contributed by atoms with van der Waals surface area (Å²) in [6.45, 7) is 8.63. The molecule has 0 spiro atoms. The van der Waals surface area contributed by atoms with E-state index in [1.807, 2.05) is 0 Å². The van der Waals surface area contributed by atoms with E-state index < -0.39 is 32.3 Å². The molecule has 45 heavy (non-hydrogen) atoms. The van der Waals surface area contributed by atoms with Gasteiger partial charge in [0, 0.05) is 0 Å². The second kappa shape index (κ2) is 31.0. The fourth-order valence-electron chi connectivity index (χ4n) is 4.67. The normalized spacial score (nSPS) is 11.6. The number of carbonyl (C=O) groups excluding carboxylic acids is 4. The van der Waals surface area contributed by atoms with E-state index in [2.05, 4.69) is 27.7 Å². The quantitative estimate of drug-likeness (QED) is 0.0390. The first-order valence-electron chi connectivity index (χ1n) is 18.2. The van der Waals surface area contributed by atoms with Gasteiger partial charge in [-0.05, 0) is 0 Å². The first-order chi connectivity index (χ1) is 21.9. The van der Waals surface area contributed by atoms with E-state index >= 15 is 0 Å². The van der Waals surface area contributed by atoms with Crippen LogP contribution in [0.5, 0.6) is 0 Å². The Morgan fingerprint density at radius 3 is 0.689 bits per heavy atom. The van der Waals surface area contributed by atoms with Crippen molar-refractivity contribution >= 4 is 19.5 Å². The molecule has 271 valence electrons. The van der Waals surface area contributed by atoms with Crippen molar-refractivity contribution in [3.63, 3.8) is 0 Å². The van der Waals surface area contributed by atoms with Crippen LogP contribution in [-0.4, -0.2) is 45.9 Å². The van der Waals surface area contributed by atoms with Gasteiger partial charge in [-0.1, -0.05) is 0 Å². The van der Waals surface area contributed by atoms with E-state index in [9.17, 15) is 19.2 Å². The molecule has 0 saturated heterocycles. The van der Waals surface area contributed by atoms with Gasteiger partial charge in [0.05, 0.1) is 0 Å². The molecular formula is C36H68CuO8. The Morgan fingerprint density at radius 1 is 0.311 bits per heavy atom. The average Bonchev–Trinajstić information content (AvgIpc) is 3.03. The van der Waals surface area contributed by atoms with Crippen molar-refractivity contribution < 1.29 is 51.0 Å². The van der Waals surface area contributed by atoms with Gasteiger partial charge in [0.2, 0.25) is 0 Å². The molecule has 0 bridgehead atoms. The van der Waals surface area contributed by atoms with Gasteiger partial charge in [-0.3, -0.25) is 0 Å². The van der Waals surface area contributed by atoms with E-state index in [1.165, 1.54) is 0 Å². The molecule has 0 unspecified atom stereocenters. The Balaban J connectivity index is 5.68. The third-order valence-corrected chi connectivity index (χ3v) is 10.4. The predicted octanol–water partition coefficient (Wildman–Crippen LogP) is 12.1. The van der Waals surface area contributed by atoms with E-state index in [0.29, 0.717) is 25.7 Å². The molecule has 0 aliphatic heterocycles. The van der Waals surface area contributed by atoms with E-state index in [0.717, 1.165) is 128 Å². The van der Waals surface area contributed by atoms with Gasteiger partial charge in [0.25, 0.3) is 0 Å². The zero-order chi connectivity index (χ0) is 33.4. The molecule has 0 rings (SSSR count). The minimum atomic E-state index is -4.08. The summed E-state index contributed by atoms with van der Waals surface area (Å²) in [7, 11) is 0. The van der Waals surface area contributed by atoms with Crippen LogP contribution in [0, 0.1) is 0 Å². The number of carbonyl (C=O) groups is 4. The number of rotatable bonds is 32. The van der Waals surface area contributed by atoms with Crippen LogP contribution < -0.4 is 0 Å². The molecule has 0 saturated carbocycles. The van der Waals surface area contributed by atoms with Gasteiger partial charge < -0.3 is 0 Å². The molecule has 9 heteroatoms. The first-order valence-corrected chi connectivity index (χ1v) is 20.1. The first kappa shape index (κ1) is 43.4. The zero-order valence-electron chi connectivity index (χ0n) is 29.4. The summed E-state index contributed by atoms with van der Waals surface area (Å²) in [4.78, 5) is 49.9. The predicted molar refractivity (Wildman–Crippen MR) is 179 cm³/mol. The fraction of sp³-hybridized carbons (Fsp3) is 0.889. The van der Waals surface area contributed by atoms with Crippen LogP contribution in [0.3, 0.4) is 0 Å². The summed E-state index contributed by atoms with van der Waals surface area (Å²) in [6, 6.07) is 0. The van der Waals surface area contributed by atoms with Crippen LogP contribution in [0.2, 0.25) is 0 Å². The van der Waals surface area contributed by atoms with Gasteiger partial charge >= 0.3 is 279 Å². The third kappa shape index (κ3) is 20.3.